The third-order valence-electron chi connectivity index (χ3n) is 2.67. The Hall–Kier alpha value is -1.84. The molecule has 1 amide bonds. The maximum absolute atomic E-state index is 12.1. The van der Waals surface area contributed by atoms with Crippen LogP contribution in [0.4, 0.5) is 0 Å². The molecule has 0 aliphatic heterocycles. The number of rotatable bonds is 2. The molecule has 0 radical (unpaired) electrons. The van der Waals surface area contributed by atoms with Gasteiger partial charge in [-0.05, 0) is 39.0 Å². The first-order chi connectivity index (χ1) is 7.73. The monoisotopic (exact) mass is 235 g/mol. The van der Waals surface area contributed by atoms with Gasteiger partial charge in [0.1, 0.15) is 0 Å². The highest BCUT2D eigenvalue weighted by Gasteiger charge is 2.23. The SMILES string of the molecule is CN(C(=O)c1cccc(C(=O)O)c1)C(C)(C)C. The van der Waals surface area contributed by atoms with Crippen LogP contribution >= 0.6 is 0 Å². The molecule has 0 saturated carbocycles. The number of benzene rings is 1. The lowest BCUT2D eigenvalue weighted by molar-refractivity contribution is 0.0656. The lowest BCUT2D eigenvalue weighted by atomic mass is 10.0. The molecule has 0 bridgehead atoms. The van der Waals surface area contributed by atoms with Gasteiger partial charge in [0.15, 0.2) is 0 Å². The van der Waals surface area contributed by atoms with Crippen molar-refractivity contribution in [3.05, 3.63) is 35.4 Å². The average molecular weight is 235 g/mol. The molecule has 4 nitrogen and oxygen atoms in total. The highest BCUT2D eigenvalue weighted by molar-refractivity contribution is 5.97. The molecule has 0 saturated heterocycles. The Bertz CT molecular complexity index is 446. The topological polar surface area (TPSA) is 57.6 Å². The molecule has 0 aromatic heterocycles. The summed E-state index contributed by atoms with van der Waals surface area (Å²) < 4.78 is 0. The van der Waals surface area contributed by atoms with Gasteiger partial charge in [0.05, 0.1) is 5.56 Å². The number of carbonyl (C=O) groups is 2. The Balaban J connectivity index is 3.05. The molecule has 0 unspecified atom stereocenters. The zero-order chi connectivity index (χ0) is 13.2. The van der Waals surface area contributed by atoms with Crippen molar-refractivity contribution in [1.82, 2.24) is 4.90 Å². The molecular weight excluding hydrogens is 218 g/mol. The fraction of sp³-hybridized carbons (Fsp3) is 0.385. The lowest BCUT2D eigenvalue weighted by Crippen LogP contribution is -2.42. The van der Waals surface area contributed by atoms with Crippen molar-refractivity contribution in [1.29, 1.82) is 0 Å². The van der Waals surface area contributed by atoms with Crippen LogP contribution in [0, 0.1) is 0 Å². The molecule has 1 aromatic carbocycles. The normalized spacial score (nSPS) is 11.1. The molecule has 17 heavy (non-hydrogen) atoms. The highest BCUT2D eigenvalue weighted by Crippen LogP contribution is 2.15. The van der Waals surface area contributed by atoms with E-state index in [2.05, 4.69) is 0 Å². The number of hydrogen-bond donors (Lipinski definition) is 1. The van der Waals surface area contributed by atoms with Gasteiger partial charge in [-0.25, -0.2) is 4.79 Å². The van der Waals surface area contributed by atoms with Crippen molar-refractivity contribution in [2.24, 2.45) is 0 Å². The van der Waals surface area contributed by atoms with E-state index in [0.717, 1.165) is 0 Å². The zero-order valence-electron chi connectivity index (χ0n) is 10.5. The van der Waals surface area contributed by atoms with Gasteiger partial charge in [-0.3, -0.25) is 4.79 Å². The third-order valence-corrected chi connectivity index (χ3v) is 2.67. The fourth-order valence-corrected chi connectivity index (χ4v) is 1.28. The summed E-state index contributed by atoms with van der Waals surface area (Å²) in [5.74, 6) is -1.21. The largest absolute Gasteiger partial charge is 0.478 e. The quantitative estimate of drug-likeness (QED) is 0.855. The van der Waals surface area contributed by atoms with Gasteiger partial charge in [-0.15, -0.1) is 0 Å². The first kappa shape index (κ1) is 13.2. The van der Waals surface area contributed by atoms with Gasteiger partial charge in [0.2, 0.25) is 0 Å². The summed E-state index contributed by atoms with van der Waals surface area (Å²) in [6.45, 7) is 5.77. The molecule has 92 valence electrons. The molecule has 0 spiro atoms. The Kier molecular flexibility index (Phi) is 3.56. The fourth-order valence-electron chi connectivity index (χ4n) is 1.28. The van der Waals surface area contributed by atoms with Crippen LogP contribution in [-0.2, 0) is 0 Å². The van der Waals surface area contributed by atoms with Crippen LogP contribution in [0.2, 0.25) is 0 Å². The number of hydrogen-bond acceptors (Lipinski definition) is 2. The van der Waals surface area contributed by atoms with Crippen LogP contribution in [0.25, 0.3) is 0 Å². The predicted octanol–water partition coefficient (Wildman–Crippen LogP) is 2.26. The van der Waals surface area contributed by atoms with E-state index in [1.807, 2.05) is 20.8 Å². The molecule has 1 N–H and O–H groups in total. The number of nitrogens with zero attached hydrogens (tertiary/aromatic N) is 1. The van der Waals surface area contributed by atoms with E-state index in [4.69, 9.17) is 5.11 Å². The van der Waals surface area contributed by atoms with E-state index < -0.39 is 5.97 Å². The number of amides is 1. The van der Waals surface area contributed by atoms with Gasteiger partial charge in [0, 0.05) is 18.2 Å². The molecule has 0 aliphatic carbocycles. The molecule has 0 atom stereocenters. The van der Waals surface area contributed by atoms with E-state index >= 15 is 0 Å². The Labute approximate surface area is 101 Å². The summed E-state index contributed by atoms with van der Waals surface area (Å²) in [6, 6.07) is 6.06. The summed E-state index contributed by atoms with van der Waals surface area (Å²) in [5.41, 5.74) is 0.219. The van der Waals surface area contributed by atoms with Crippen LogP contribution in [0.15, 0.2) is 24.3 Å². The summed E-state index contributed by atoms with van der Waals surface area (Å²) in [7, 11) is 1.70. The molecule has 0 aliphatic rings. The van der Waals surface area contributed by atoms with Crippen molar-refractivity contribution in [2.45, 2.75) is 26.3 Å². The van der Waals surface area contributed by atoms with Crippen molar-refractivity contribution >= 4 is 11.9 Å². The zero-order valence-corrected chi connectivity index (χ0v) is 10.5. The van der Waals surface area contributed by atoms with Crippen molar-refractivity contribution in [2.75, 3.05) is 7.05 Å². The second-order valence-corrected chi connectivity index (χ2v) is 4.92. The number of carboxylic acid groups (broad SMARTS) is 1. The minimum atomic E-state index is -1.03. The smallest absolute Gasteiger partial charge is 0.335 e. The van der Waals surface area contributed by atoms with Crippen LogP contribution in [0.3, 0.4) is 0 Å². The van der Waals surface area contributed by atoms with Gasteiger partial charge >= 0.3 is 5.97 Å². The maximum atomic E-state index is 12.1. The number of carboxylic acids is 1. The molecule has 1 rings (SSSR count). The first-order valence-corrected chi connectivity index (χ1v) is 5.35. The van der Waals surface area contributed by atoms with Gasteiger partial charge < -0.3 is 10.0 Å². The minimum absolute atomic E-state index is 0.123. The van der Waals surface area contributed by atoms with E-state index in [9.17, 15) is 9.59 Å². The second kappa shape index (κ2) is 4.57. The molecular formula is C13H17NO3. The standard InChI is InChI=1S/C13H17NO3/c1-13(2,3)14(4)11(15)9-6-5-7-10(8-9)12(16)17/h5-8H,1-4H3,(H,16,17). The lowest BCUT2D eigenvalue weighted by Gasteiger charge is -2.32. The average Bonchev–Trinajstić information content (AvgIpc) is 2.26. The Morgan fingerprint density at radius 3 is 2.18 bits per heavy atom. The molecule has 0 fully saturated rings. The predicted molar refractivity (Wildman–Crippen MR) is 65.2 cm³/mol. The van der Waals surface area contributed by atoms with Crippen molar-refractivity contribution < 1.29 is 14.7 Å². The summed E-state index contributed by atoms with van der Waals surface area (Å²) in [5, 5.41) is 8.86. The van der Waals surface area contributed by atoms with Gasteiger partial charge in [-0.2, -0.15) is 0 Å². The first-order valence-electron chi connectivity index (χ1n) is 5.35. The maximum Gasteiger partial charge on any atom is 0.335 e. The third kappa shape index (κ3) is 3.06. The van der Waals surface area contributed by atoms with Gasteiger partial charge in [0.25, 0.3) is 5.91 Å². The van der Waals surface area contributed by atoms with Crippen LogP contribution in [-0.4, -0.2) is 34.5 Å². The summed E-state index contributed by atoms with van der Waals surface area (Å²) in [6.07, 6.45) is 0. The van der Waals surface area contributed by atoms with E-state index in [-0.39, 0.29) is 17.0 Å². The van der Waals surface area contributed by atoms with Crippen molar-refractivity contribution in [3.63, 3.8) is 0 Å². The second-order valence-electron chi connectivity index (χ2n) is 4.92. The van der Waals surface area contributed by atoms with Crippen LogP contribution < -0.4 is 0 Å². The Morgan fingerprint density at radius 2 is 1.71 bits per heavy atom. The number of aromatic carboxylic acids is 1. The van der Waals surface area contributed by atoms with Crippen molar-refractivity contribution in [3.8, 4) is 0 Å². The van der Waals surface area contributed by atoms with Gasteiger partial charge in [-0.1, -0.05) is 6.07 Å². The van der Waals surface area contributed by atoms with Crippen LogP contribution in [0.1, 0.15) is 41.5 Å². The summed E-state index contributed by atoms with van der Waals surface area (Å²) >= 11 is 0. The highest BCUT2D eigenvalue weighted by atomic mass is 16.4. The molecule has 4 heteroatoms. The van der Waals surface area contributed by atoms with Crippen LogP contribution in [0.5, 0.6) is 0 Å². The number of carbonyl (C=O) groups excluding carboxylic acids is 1. The summed E-state index contributed by atoms with van der Waals surface area (Å²) in [4.78, 5) is 24.5. The molecule has 1 aromatic rings. The van der Waals surface area contributed by atoms with E-state index in [0.29, 0.717) is 5.56 Å². The van der Waals surface area contributed by atoms with E-state index in [1.165, 1.54) is 12.1 Å². The molecule has 0 heterocycles. The Morgan fingerprint density at radius 1 is 1.18 bits per heavy atom. The minimum Gasteiger partial charge on any atom is -0.478 e. The van der Waals surface area contributed by atoms with E-state index in [1.54, 1.807) is 24.1 Å².